The molecular weight excluding hydrogens is 658 g/mol. The standard InChI is InChI=1S/C39H48ClN3O5S/c1-42-15-11-26-21-31-35(24-33(26)42)49(3,4)36-25-34-27(12-16-43(34)2)22-32(36)39(31)30-23-28(9-10-29(30)38(45)48-39)37(44)41-14-18-47-20-19-46-17-8-6-5-7-13-40/h9-10,21-25H,5-8,11-20H2,1-4H3,(H,41,44). The summed E-state index contributed by atoms with van der Waals surface area (Å²) in [6.07, 6.45) is 11.0. The van der Waals surface area contributed by atoms with E-state index in [9.17, 15) is 9.59 Å². The minimum absolute atomic E-state index is 0.206. The number of likely N-dealkylation sites (N-methyl/N-ethyl adjacent to an activating group) is 2. The van der Waals surface area contributed by atoms with Crippen LogP contribution in [0.25, 0.3) is 0 Å². The zero-order valence-electron chi connectivity index (χ0n) is 29.2. The molecule has 49 heavy (non-hydrogen) atoms. The lowest BCUT2D eigenvalue weighted by molar-refractivity contribution is 0.0231. The summed E-state index contributed by atoms with van der Waals surface area (Å²) in [5.74, 6) is 0.158. The number of fused-ring (bicyclic) bond motifs is 8. The van der Waals surface area contributed by atoms with E-state index in [0.29, 0.717) is 43.4 Å². The van der Waals surface area contributed by atoms with Gasteiger partial charge in [0.15, 0.2) is 5.60 Å². The van der Waals surface area contributed by atoms with Gasteiger partial charge in [-0.25, -0.2) is 4.79 Å². The summed E-state index contributed by atoms with van der Waals surface area (Å²) in [6, 6.07) is 14.7. The van der Waals surface area contributed by atoms with Gasteiger partial charge in [-0.1, -0.05) is 12.8 Å². The lowest BCUT2D eigenvalue weighted by Crippen LogP contribution is -2.36. The van der Waals surface area contributed by atoms with Gasteiger partial charge in [0.1, 0.15) is 0 Å². The van der Waals surface area contributed by atoms with Crippen LogP contribution in [0.4, 0.5) is 11.4 Å². The van der Waals surface area contributed by atoms with Gasteiger partial charge in [-0.2, -0.15) is 10.0 Å². The van der Waals surface area contributed by atoms with E-state index in [1.54, 1.807) is 12.1 Å². The number of esters is 1. The van der Waals surface area contributed by atoms with Crippen LogP contribution in [0.2, 0.25) is 0 Å². The Labute approximate surface area is 296 Å². The van der Waals surface area contributed by atoms with Gasteiger partial charge >= 0.3 is 5.97 Å². The number of hydrogen-bond donors (Lipinski definition) is 1. The molecule has 4 heterocycles. The maximum Gasteiger partial charge on any atom is 0.340 e. The highest BCUT2D eigenvalue weighted by atomic mass is 35.5. The van der Waals surface area contributed by atoms with Gasteiger partial charge < -0.3 is 29.3 Å². The van der Waals surface area contributed by atoms with Crippen molar-refractivity contribution in [1.29, 1.82) is 0 Å². The third-order valence-corrected chi connectivity index (χ3v) is 13.8. The van der Waals surface area contributed by atoms with E-state index < -0.39 is 15.6 Å². The minimum atomic E-state index is -1.48. The second kappa shape index (κ2) is 13.8. The van der Waals surface area contributed by atoms with Crippen LogP contribution in [0.3, 0.4) is 0 Å². The molecule has 0 saturated heterocycles. The molecule has 3 aromatic carbocycles. The van der Waals surface area contributed by atoms with Gasteiger partial charge in [0.05, 0.1) is 25.4 Å². The number of alkyl halides is 1. The second-order valence-electron chi connectivity index (χ2n) is 14.0. The number of amides is 1. The SMILES string of the molecule is CN1CCc2cc3c(cc21)S(C)(C)c1cc2c(cc1C31OC(=O)c3ccc(C(=O)NCCOCCOCCCCCCCl)cc31)CCN2C. The van der Waals surface area contributed by atoms with E-state index in [0.717, 1.165) is 74.9 Å². The molecule has 0 atom stereocenters. The van der Waals surface area contributed by atoms with Crippen molar-refractivity contribution in [1.82, 2.24) is 5.32 Å². The van der Waals surface area contributed by atoms with Crippen LogP contribution in [-0.2, 0) is 32.7 Å². The van der Waals surface area contributed by atoms with Crippen LogP contribution in [0.15, 0.2) is 52.3 Å². The number of carbonyl (C=O) groups excluding carboxylic acids is 2. The molecule has 0 aromatic heterocycles. The summed E-state index contributed by atoms with van der Waals surface area (Å²) < 4.78 is 18.0. The highest BCUT2D eigenvalue weighted by Gasteiger charge is 2.56. The molecular formula is C39H48ClN3O5S. The second-order valence-corrected chi connectivity index (χ2v) is 18.0. The molecule has 0 bridgehead atoms. The number of unbranched alkanes of at least 4 members (excludes halogenated alkanes) is 3. The normalized spacial score (nSPS) is 18.1. The number of rotatable bonds is 13. The molecule has 8 nitrogen and oxygen atoms in total. The molecule has 0 unspecified atom stereocenters. The Morgan fingerprint density at radius 2 is 1.45 bits per heavy atom. The molecule has 3 aromatic rings. The van der Waals surface area contributed by atoms with Crippen LogP contribution in [-0.4, -0.2) is 90.4 Å². The fourth-order valence-electron chi connectivity index (χ4n) is 7.93. The maximum absolute atomic E-state index is 13.8. The molecule has 4 aliphatic heterocycles. The van der Waals surface area contributed by atoms with Crippen molar-refractivity contribution in [3.8, 4) is 0 Å². The number of ether oxygens (including phenoxy) is 3. The average molecular weight is 706 g/mol. The van der Waals surface area contributed by atoms with E-state index in [2.05, 4.69) is 66.0 Å². The fourth-order valence-corrected chi connectivity index (χ4v) is 10.7. The summed E-state index contributed by atoms with van der Waals surface area (Å²) in [6.45, 7) is 4.41. The van der Waals surface area contributed by atoms with Crippen LogP contribution >= 0.6 is 21.6 Å². The van der Waals surface area contributed by atoms with Crippen LogP contribution in [0, 0.1) is 0 Å². The van der Waals surface area contributed by atoms with Gasteiger partial charge in [-0.3, -0.25) is 4.79 Å². The largest absolute Gasteiger partial charge is 0.440 e. The third kappa shape index (κ3) is 6.00. The molecule has 10 heteroatoms. The lowest BCUT2D eigenvalue weighted by atomic mass is 9.77. The Hall–Kier alpha value is -3.24. The Bertz CT molecular complexity index is 1710. The van der Waals surface area contributed by atoms with Gasteiger partial charge in [0.25, 0.3) is 5.91 Å². The van der Waals surface area contributed by atoms with Crippen LogP contribution in [0.1, 0.15) is 74.2 Å². The Morgan fingerprint density at radius 3 is 2.08 bits per heavy atom. The van der Waals surface area contributed by atoms with Crippen LogP contribution in [0.5, 0.6) is 0 Å². The van der Waals surface area contributed by atoms with Crippen molar-refractivity contribution in [3.05, 3.63) is 81.4 Å². The molecule has 0 saturated carbocycles. The fraction of sp³-hybridized carbons (Fsp3) is 0.487. The number of hydrogen-bond acceptors (Lipinski definition) is 7. The van der Waals surface area contributed by atoms with E-state index in [4.69, 9.17) is 25.8 Å². The topological polar surface area (TPSA) is 80.3 Å². The van der Waals surface area contributed by atoms with Gasteiger partial charge in [0.2, 0.25) is 0 Å². The monoisotopic (exact) mass is 705 g/mol. The van der Waals surface area contributed by atoms with Crippen LogP contribution < -0.4 is 15.1 Å². The number of carbonyl (C=O) groups is 2. The van der Waals surface area contributed by atoms with E-state index >= 15 is 0 Å². The first kappa shape index (κ1) is 34.2. The first-order chi connectivity index (χ1) is 23.7. The summed E-state index contributed by atoms with van der Waals surface area (Å²) in [5, 5.41) is 3.00. The first-order valence-electron chi connectivity index (χ1n) is 17.5. The first-order valence-corrected chi connectivity index (χ1v) is 20.5. The highest BCUT2D eigenvalue weighted by Crippen LogP contribution is 2.70. The summed E-state index contributed by atoms with van der Waals surface area (Å²) in [7, 11) is 2.82. The summed E-state index contributed by atoms with van der Waals surface area (Å²) >= 11 is 5.72. The number of anilines is 2. The zero-order chi connectivity index (χ0) is 34.3. The van der Waals surface area contributed by atoms with Crippen molar-refractivity contribution in [2.24, 2.45) is 0 Å². The Balaban J connectivity index is 1.16. The quantitative estimate of drug-likeness (QED) is 0.124. The third-order valence-electron chi connectivity index (χ3n) is 10.7. The molecule has 4 aliphatic rings. The van der Waals surface area contributed by atoms with Gasteiger partial charge in [-0.05, 0) is 91.8 Å². The zero-order valence-corrected chi connectivity index (χ0v) is 30.7. The number of benzene rings is 3. The van der Waals surface area contributed by atoms with E-state index in [1.165, 1.54) is 32.3 Å². The molecule has 0 aliphatic carbocycles. The van der Waals surface area contributed by atoms with E-state index in [-0.39, 0.29) is 11.9 Å². The van der Waals surface area contributed by atoms with Crippen molar-refractivity contribution < 1.29 is 23.8 Å². The van der Waals surface area contributed by atoms with Crippen molar-refractivity contribution in [3.63, 3.8) is 0 Å². The van der Waals surface area contributed by atoms with Crippen molar-refractivity contribution in [2.75, 3.05) is 88.3 Å². The molecule has 1 amide bonds. The van der Waals surface area contributed by atoms with E-state index in [1.807, 2.05) is 6.07 Å². The summed E-state index contributed by atoms with van der Waals surface area (Å²) in [4.78, 5) is 34.4. The Kier molecular flexibility index (Phi) is 9.65. The molecule has 1 N–H and O–H groups in total. The lowest BCUT2D eigenvalue weighted by Gasteiger charge is -2.48. The Morgan fingerprint density at radius 1 is 0.837 bits per heavy atom. The number of nitrogens with one attached hydrogen (secondary N) is 1. The van der Waals surface area contributed by atoms with Gasteiger partial charge in [0, 0.05) is 89.6 Å². The average Bonchev–Trinajstić information content (AvgIpc) is 3.75. The molecule has 7 rings (SSSR count). The minimum Gasteiger partial charge on any atom is -0.440 e. The highest BCUT2D eigenvalue weighted by molar-refractivity contribution is 8.32. The number of halogens is 1. The molecule has 1 spiro atoms. The summed E-state index contributed by atoms with van der Waals surface area (Å²) in [5.41, 5.74) is 7.74. The van der Waals surface area contributed by atoms with Crippen molar-refractivity contribution in [2.45, 2.75) is 53.9 Å². The molecule has 262 valence electrons. The maximum atomic E-state index is 13.8. The smallest absolute Gasteiger partial charge is 0.340 e. The van der Waals surface area contributed by atoms with Crippen molar-refractivity contribution >= 4 is 44.9 Å². The molecule has 0 radical (unpaired) electrons. The number of nitrogens with zero attached hydrogens (tertiary/aromatic N) is 2. The predicted octanol–water partition coefficient (Wildman–Crippen LogP) is 6.49. The predicted molar refractivity (Wildman–Crippen MR) is 198 cm³/mol. The van der Waals surface area contributed by atoms with Gasteiger partial charge in [-0.15, -0.1) is 11.6 Å². The molecule has 0 fully saturated rings.